The molecule has 2 heterocycles. The number of hydrogen-bond donors (Lipinski definition) is 1. The minimum atomic E-state index is -0.406. The summed E-state index contributed by atoms with van der Waals surface area (Å²) in [5, 5.41) is 3.59. The van der Waals surface area contributed by atoms with Gasteiger partial charge in [-0.15, -0.1) is 0 Å². The fourth-order valence-corrected chi connectivity index (χ4v) is 3.81. The van der Waals surface area contributed by atoms with Crippen LogP contribution in [0.4, 0.5) is 11.5 Å². The summed E-state index contributed by atoms with van der Waals surface area (Å²) < 4.78 is 4.66. The van der Waals surface area contributed by atoms with Crippen molar-refractivity contribution in [2.45, 2.75) is 37.3 Å². The molecule has 0 spiro atoms. The molecule has 28 heavy (non-hydrogen) atoms. The third-order valence-corrected chi connectivity index (χ3v) is 5.59. The van der Waals surface area contributed by atoms with E-state index in [-0.39, 0.29) is 11.7 Å². The summed E-state index contributed by atoms with van der Waals surface area (Å²) in [6.45, 7) is 3.22. The van der Waals surface area contributed by atoms with E-state index in [1.807, 2.05) is 6.07 Å². The van der Waals surface area contributed by atoms with Gasteiger partial charge in [0.25, 0.3) is 0 Å². The topological polar surface area (TPSA) is 84.4 Å². The molecule has 7 nitrogen and oxygen atoms in total. The molecule has 1 fully saturated rings. The minimum Gasteiger partial charge on any atom is -0.465 e. The average Bonchev–Trinajstić information content (AvgIpc) is 2.73. The zero-order valence-corrected chi connectivity index (χ0v) is 16.9. The zero-order valence-electron chi connectivity index (χ0n) is 16.1. The van der Waals surface area contributed by atoms with Crippen LogP contribution in [0.1, 0.15) is 36.5 Å². The van der Waals surface area contributed by atoms with Crippen LogP contribution in [0.3, 0.4) is 0 Å². The second-order valence-corrected chi connectivity index (χ2v) is 7.65. The molecular formula is C20H24N4O3S. The lowest BCUT2D eigenvalue weighted by molar-refractivity contribution is -0.113. The number of ether oxygens (including phenoxy) is 1. The predicted molar refractivity (Wildman–Crippen MR) is 110 cm³/mol. The van der Waals surface area contributed by atoms with Crippen LogP contribution in [0.5, 0.6) is 0 Å². The van der Waals surface area contributed by atoms with E-state index in [1.165, 1.54) is 38.1 Å². The third-order valence-electron chi connectivity index (χ3n) is 4.67. The van der Waals surface area contributed by atoms with Crippen LogP contribution in [0.25, 0.3) is 0 Å². The monoisotopic (exact) mass is 400 g/mol. The number of methoxy groups -OCH3 is 1. The third kappa shape index (κ3) is 5.22. The van der Waals surface area contributed by atoms with Crippen molar-refractivity contribution in [1.29, 1.82) is 0 Å². The lowest BCUT2D eigenvalue weighted by Gasteiger charge is -2.34. The normalized spacial score (nSPS) is 16.5. The maximum absolute atomic E-state index is 12.2. The van der Waals surface area contributed by atoms with Gasteiger partial charge in [0.1, 0.15) is 17.2 Å². The first-order valence-electron chi connectivity index (χ1n) is 9.26. The van der Waals surface area contributed by atoms with E-state index < -0.39 is 5.97 Å². The quantitative estimate of drug-likeness (QED) is 0.452. The number of anilines is 2. The van der Waals surface area contributed by atoms with Crippen LogP contribution >= 0.6 is 11.8 Å². The average molecular weight is 401 g/mol. The summed E-state index contributed by atoms with van der Waals surface area (Å²) in [7, 11) is 1.33. The first-order valence-corrected chi connectivity index (χ1v) is 10.2. The van der Waals surface area contributed by atoms with Gasteiger partial charge < -0.3 is 15.0 Å². The van der Waals surface area contributed by atoms with Crippen molar-refractivity contribution < 1.29 is 14.3 Å². The zero-order chi connectivity index (χ0) is 19.9. The van der Waals surface area contributed by atoms with E-state index in [4.69, 9.17) is 0 Å². The molecule has 1 aromatic heterocycles. The van der Waals surface area contributed by atoms with E-state index in [0.717, 1.165) is 17.4 Å². The predicted octanol–water partition coefficient (Wildman–Crippen LogP) is 3.37. The smallest absolute Gasteiger partial charge is 0.337 e. The number of nitrogens with zero attached hydrogens (tertiary/aromatic N) is 3. The number of amides is 1. The molecule has 8 heteroatoms. The molecule has 2 aromatic rings. The van der Waals surface area contributed by atoms with Crippen LogP contribution in [0.15, 0.2) is 41.7 Å². The molecular weight excluding hydrogens is 376 g/mol. The van der Waals surface area contributed by atoms with Crippen molar-refractivity contribution in [1.82, 2.24) is 9.97 Å². The lowest BCUT2D eigenvalue weighted by Crippen LogP contribution is -2.38. The molecule has 1 saturated heterocycles. The molecule has 0 saturated carbocycles. The number of thioether (sulfide) groups is 1. The standard InChI is InChI=1S/C20H24N4O3S/c1-14-5-3-4-10-24(14)17-11-19(22-13-21-17)28-12-18(25)23-16-8-6-15(7-9-16)20(26)27-2/h6-9,11,13-14H,3-5,10,12H2,1-2H3,(H,23,25)/t14-/m1/s1. The molecule has 1 aliphatic rings. The number of hydrogen-bond acceptors (Lipinski definition) is 7. The molecule has 0 aliphatic carbocycles. The largest absolute Gasteiger partial charge is 0.465 e. The number of esters is 1. The molecule has 1 N–H and O–H groups in total. The molecule has 0 radical (unpaired) electrons. The highest BCUT2D eigenvalue weighted by atomic mass is 32.2. The van der Waals surface area contributed by atoms with Crippen LogP contribution in [-0.2, 0) is 9.53 Å². The fourth-order valence-electron chi connectivity index (χ4n) is 3.15. The Bertz CT molecular complexity index is 828. The Kier molecular flexibility index (Phi) is 6.86. The summed E-state index contributed by atoms with van der Waals surface area (Å²) >= 11 is 1.37. The van der Waals surface area contributed by atoms with Crippen molar-refractivity contribution in [2.24, 2.45) is 0 Å². The van der Waals surface area contributed by atoms with E-state index in [2.05, 4.69) is 31.8 Å². The van der Waals surface area contributed by atoms with Crippen LogP contribution in [0.2, 0.25) is 0 Å². The van der Waals surface area contributed by atoms with Crippen LogP contribution in [0, 0.1) is 0 Å². The number of benzene rings is 1. The maximum Gasteiger partial charge on any atom is 0.337 e. The second kappa shape index (κ2) is 9.54. The minimum absolute atomic E-state index is 0.137. The van der Waals surface area contributed by atoms with Crippen molar-refractivity contribution in [3.8, 4) is 0 Å². The molecule has 1 aromatic carbocycles. The Labute approximate surface area is 168 Å². The summed E-state index contributed by atoms with van der Waals surface area (Å²) in [6.07, 6.45) is 5.16. The highest BCUT2D eigenvalue weighted by molar-refractivity contribution is 7.99. The van der Waals surface area contributed by atoms with Gasteiger partial charge in [0.05, 0.1) is 18.4 Å². The highest BCUT2D eigenvalue weighted by Gasteiger charge is 2.20. The number of piperidine rings is 1. The number of nitrogens with one attached hydrogen (secondary N) is 1. The summed E-state index contributed by atoms with van der Waals surface area (Å²) in [6, 6.07) is 9.00. The number of aromatic nitrogens is 2. The summed E-state index contributed by atoms with van der Waals surface area (Å²) in [5.74, 6) is 0.618. The number of rotatable bonds is 6. The van der Waals surface area contributed by atoms with E-state index in [9.17, 15) is 9.59 Å². The molecule has 0 unspecified atom stereocenters. The fraction of sp³-hybridized carbons (Fsp3) is 0.400. The van der Waals surface area contributed by atoms with E-state index >= 15 is 0 Å². The highest BCUT2D eigenvalue weighted by Crippen LogP contribution is 2.25. The van der Waals surface area contributed by atoms with Crippen molar-refractivity contribution in [3.63, 3.8) is 0 Å². The first kappa shape index (κ1) is 20.1. The van der Waals surface area contributed by atoms with Gasteiger partial charge in [0.2, 0.25) is 5.91 Å². The van der Waals surface area contributed by atoms with E-state index in [0.29, 0.717) is 17.3 Å². The molecule has 1 aliphatic heterocycles. The van der Waals surface area contributed by atoms with Gasteiger partial charge in [-0.25, -0.2) is 14.8 Å². The first-order chi connectivity index (χ1) is 13.6. The van der Waals surface area contributed by atoms with Gasteiger partial charge >= 0.3 is 5.97 Å². The van der Waals surface area contributed by atoms with Gasteiger partial charge in [-0.1, -0.05) is 11.8 Å². The van der Waals surface area contributed by atoms with Gasteiger partial charge in [-0.3, -0.25) is 4.79 Å². The second-order valence-electron chi connectivity index (χ2n) is 6.66. The van der Waals surface area contributed by atoms with Crippen LogP contribution in [-0.4, -0.2) is 47.3 Å². The Morgan fingerprint density at radius 3 is 2.75 bits per heavy atom. The van der Waals surface area contributed by atoms with Gasteiger partial charge in [-0.05, 0) is 50.5 Å². The van der Waals surface area contributed by atoms with Gasteiger partial charge in [0, 0.05) is 24.3 Å². The maximum atomic E-state index is 12.2. The lowest BCUT2D eigenvalue weighted by atomic mass is 10.0. The van der Waals surface area contributed by atoms with Gasteiger partial charge in [0.15, 0.2) is 0 Å². The van der Waals surface area contributed by atoms with Crippen molar-refractivity contribution >= 4 is 35.1 Å². The number of carbonyl (C=O) groups excluding carboxylic acids is 2. The molecule has 3 rings (SSSR count). The molecule has 1 amide bonds. The van der Waals surface area contributed by atoms with E-state index in [1.54, 1.807) is 30.6 Å². The Hall–Kier alpha value is -2.61. The van der Waals surface area contributed by atoms with Crippen molar-refractivity contribution in [3.05, 3.63) is 42.2 Å². The molecule has 1 atom stereocenters. The molecule has 148 valence electrons. The van der Waals surface area contributed by atoms with Gasteiger partial charge in [-0.2, -0.15) is 0 Å². The van der Waals surface area contributed by atoms with Crippen molar-refractivity contribution in [2.75, 3.05) is 29.6 Å². The number of carbonyl (C=O) groups is 2. The Morgan fingerprint density at radius 2 is 2.04 bits per heavy atom. The van der Waals surface area contributed by atoms with Crippen LogP contribution < -0.4 is 10.2 Å². The SMILES string of the molecule is COC(=O)c1ccc(NC(=O)CSc2cc(N3CCCC[C@H]3C)ncn2)cc1. The summed E-state index contributed by atoms with van der Waals surface area (Å²) in [4.78, 5) is 34.6. The summed E-state index contributed by atoms with van der Waals surface area (Å²) in [5.41, 5.74) is 1.07. The Balaban J connectivity index is 1.54. The Morgan fingerprint density at radius 1 is 1.25 bits per heavy atom. The molecule has 0 bridgehead atoms.